The van der Waals surface area contributed by atoms with Crippen LogP contribution in [0, 0.1) is 0 Å². The molecule has 1 heterocycles. The number of tetrazole rings is 1. The summed E-state index contributed by atoms with van der Waals surface area (Å²) in [7, 11) is 0.821. The Morgan fingerprint density at radius 1 is 1.04 bits per heavy atom. The lowest BCUT2D eigenvalue weighted by Crippen LogP contribution is -2.13. The second kappa shape index (κ2) is 7.00. The average Bonchev–Trinajstić information content (AvgIpc) is 3.07. The molecule has 0 spiro atoms. The van der Waals surface area contributed by atoms with Gasteiger partial charge in [0.25, 0.3) is 10.0 Å². The SMILES string of the molecule is COc1ccc(S(=O)(=O)Nc2cccc(-c3nnnn3C)c2)cc1OC. The van der Waals surface area contributed by atoms with Crippen LogP contribution >= 0.6 is 0 Å². The van der Waals surface area contributed by atoms with Crippen molar-refractivity contribution >= 4 is 15.7 Å². The number of benzene rings is 2. The number of methoxy groups -OCH3 is 2. The summed E-state index contributed by atoms with van der Waals surface area (Å²) in [5.41, 5.74) is 1.07. The zero-order chi connectivity index (χ0) is 18.7. The van der Waals surface area contributed by atoms with Gasteiger partial charge in [-0.2, -0.15) is 0 Å². The van der Waals surface area contributed by atoms with Crippen molar-refractivity contribution in [1.29, 1.82) is 0 Å². The molecule has 136 valence electrons. The Balaban J connectivity index is 1.92. The molecule has 1 aromatic heterocycles. The van der Waals surface area contributed by atoms with Crippen molar-refractivity contribution in [3.63, 3.8) is 0 Å². The Hall–Kier alpha value is -3.14. The third-order valence-electron chi connectivity index (χ3n) is 3.66. The van der Waals surface area contributed by atoms with Gasteiger partial charge in [-0.25, -0.2) is 13.1 Å². The van der Waals surface area contributed by atoms with E-state index in [0.29, 0.717) is 28.6 Å². The van der Waals surface area contributed by atoms with E-state index >= 15 is 0 Å². The Labute approximate surface area is 150 Å². The van der Waals surface area contributed by atoms with Crippen molar-refractivity contribution in [1.82, 2.24) is 20.2 Å². The largest absolute Gasteiger partial charge is 0.493 e. The molecule has 0 radical (unpaired) electrons. The fourth-order valence-electron chi connectivity index (χ4n) is 2.39. The quantitative estimate of drug-likeness (QED) is 0.698. The van der Waals surface area contributed by atoms with Gasteiger partial charge in [0, 0.05) is 24.4 Å². The monoisotopic (exact) mass is 375 g/mol. The van der Waals surface area contributed by atoms with Crippen molar-refractivity contribution in [2.75, 3.05) is 18.9 Å². The number of aryl methyl sites for hydroxylation is 1. The Bertz CT molecular complexity index is 1030. The highest BCUT2D eigenvalue weighted by atomic mass is 32.2. The fraction of sp³-hybridized carbons (Fsp3) is 0.188. The number of hydrogen-bond donors (Lipinski definition) is 1. The molecular weight excluding hydrogens is 358 g/mol. The van der Waals surface area contributed by atoms with Crippen molar-refractivity contribution in [3.8, 4) is 22.9 Å². The Morgan fingerprint density at radius 2 is 1.81 bits per heavy atom. The van der Waals surface area contributed by atoms with Crippen LogP contribution in [0.5, 0.6) is 11.5 Å². The van der Waals surface area contributed by atoms with Crippen LogP contribution in [0.1, 0.15) is 0 Å². The van der Waals surface area contributed by atoms with Gasteiger partial charge in [0.1, 0.15) is 0 Å². The molecule has 0 amide bonds. The summed E-state index contributed by atoms with van der Waals surface area (Å²) >= 11 is 0. The maximum Gasteiger partial charge on any atom is 0.262 e. The molecule has 0 aliphatic carbocycles. The van der Waals surface area contributed by atoms with E-state index in [4.69, 9.17) is 9.47 Å². The molecule has 0 bridgehead atoms. The van der Waals surface area contributed by atoms with Gasteiger partial charge in [0.05, 0.1) is 19.1 Å². The maximum atomic E-state index is 12.7. The summed E-state index contributed by atoms with van der Waals surface area (Å²) in [6.07, 6.45) is 0. The number of aromatic nitrogens is 4. The molecule has 3 rings (SSSR count). The molecule has 0 saturated carbocycles. The topological polar surface area (TPSA) is 108 Å². The lowest BCUT2D eigenvalue weighted by atomic mass is 10.2. The standard InChI is InChI=1S/C16H17N5O4S/c1-21-16(17-19-20-21)11-5-4-6-12(9-11)18-26(22,23)13-7-8-14(24-2)15(10-13)25-3/h4-10,18H,1-3H3. The first-order chi connectivity index (χ1) is 12.4. The first kappa shape index (κ1) is 17.7. The second-order valence-electron chi connectivity index (χ2n) is 5.33. The molecular formula is C16H17N5O4S. The lowest BCUT2D eigenvalue weighted by Gasteiger charge is -2.12. The summed E-state index contributed by atoms with van der Waals surface area (Å²) in [5.74, 6) is 1.30. The molecule has 9 nitrogen and oxygen atoms in total. The lowest BCUT2D eigenvalue weighted by molar-refractivity contribution is 0.354. The smallest absolute Gasteiger partial charge is 0.262 e. The van der Waals surface area contributed by atoms with E-state index < -0.39 is 10.0 Å². The number of hydrogen-bond acceptors (Lipinski definition) is 7. The van der Waals surface area contributed by atoms with E-state index in [2.05, 4.69) is 20.2 Å². The van der Waals surface area contributed by atoms with Crippen LogP contribution in [0.3, 0.4) is 0 Å². The van der Waals surface area contributed by atoms with Gasteiger partial charge in [0.2, 0.25) is 0 Å². The average molecular weight is 375 g/mol. The Kier molecular flexibility index (Phi) is 4.76. The van der Waals surface area contributed by atoms with Crippen LogP contribution in [0.2, 0.25) is 0 Å². The van der Waals surface area contributed by atoms with Crippen molar-refractivity contribution in [2.45, 2.75) is 4.90 Å². The minimum Gasteiger partial charge on any atom is -0.493 e. The van der Waals surface area contributed by atoms with Gasteiger partial charge in [-0.05, 0) is 34.7 Å². The van der Waals surface area contributed by atoms with Crippen LogP contribution in [0.25, 0.3) is 11.4 Å². The van der Waals surface area contributed by atoms with Crippen LogP contribution in [-0.2, 0) is 17.1 Å². The zero-order valence-electron chi connectivity index (χ0n) is 14.4. The van der Waals surface area contributed by atoms with Crippen molar-refractivity contribution in [3.05, 3.63) is 42.5 Å². The molecule has 2 aromatic carbocycles. The predicted molar refractivity (Wildman–Crippen MR) is 94.6 cm³/mol. The molecule has 26 heavy (non-hydrogen) atoms. The number of sulfonamides is 1. The van der Waals surface area contributed by atoms with Crippen LogP contribution in [0.4, 0.5) is 5.69 Å². The highest BCUT2D eigenvalue weighted by Crippen LogP contribution is 2.30. The van der Waals surface area contributed by atoms with Crippen molar-refractivity contribution in [2.24, 2.45) is 7.05 Å². The Morgan fingerprint density at radius 3 is 2.46 bits per heavy atom. The molecule has 10 heteroatoms. The summed E-state index contributed by atoms with van der Waals surface area (Å²) < 4.78 is 39.7. The zero-order valence-corrected chi connectivity index (χ0v) is 15.2. The highest BCUT2D eigenvalue weighted by molar-refractivity contribution is 7.92. The summed E-state index contributed by atoms with van der Waals surface area (Å²) in [6.45, 7) is 0. The van der Waals surface area contributed by atoms with E-state index in [-0.39, 0.29) is 4.90 Å². The van der Waals surface area contributed by atoms with Gasteiger partial charge < -0.3 is 9.47 Å². The summed E-state index contributed by atoms with van der Waals surface area (Å²) in [4.78, 5) is 0.0564. The fourth-order valence-corrected chi connectivity index (χ4v) is 3.46. The van der Waals surface area contributed by atoms with Crippen molar-refractivity contribution < 1.29 is 17.9 Å². The normalized spacial score (nSPS) is 11.2. The second-order valence-corrected chi connectivity index (χ2v) is 7.01. The van der Waals surface area contributed by atoms with Crippen LogP contribution in [-0.4, -0.2) is 42.8 Å². The third-order valence-corrected chi connectivity index (χ3v) is 5.04. The molecule has 0 aliphatic rings. The molecule has 3 aromatic rings. The molecule has 0 saturated heterocycles. The molecule has 0 atom stereocenters. The number of rotatable bonds is 6. The van der Waals surface area contributed by atoms with E-state index in [1.807, 2.05) is 0 Å². The minimum atomic E-state index is -3.81. The first-order valence-corrected chi connectivity index (χ1v) is 9.00. The number of nitrogens with zero attached hydrogens (tertiary/aromatic N) is 4. The number of ether oxygens (including phenoxy) is 2. The predicted octanol–water partition coefficient (Wildman–Crippen LogP) is 1.70. The van der Waals surface area contributed by atoms with Crippen LogP contribution < -0.4 is 14.2 Å². The van der Waals surface area contributed by atoms with Gasteiger partial charge in [-0.1, -0.05) is 12.1 Å². The first-order valence-electron chi connectivity index (χ1n) is 7.52. The minimum absolute atomic E-state index is 0.0564. The van der Waals surface area contributed by atoms with E-state index in [1.165, 1.54) is 37.1 Å². The molecule has 0 unspecified atom stereocenters. The maximum absolute atomic E-state index is 12.7. The van der Waals surface area contributed by atoms with Gasteiger partial charge in [-0.3, -0.25) is 4.72 Å². The van der Waals surface area contributed by atoms with E-state index in [9.17, 15) is 8.42 Å². The van der Waals surface area contributed by atoms with E-state index in [0.717, 1.165) is 0 Å². The van der Waals surface area contributed by atoms with Gasteiger partial charge in [-0.15, -0.1) is 5.10 Å². The van der Waals surface area contributed by atoms with E-state index in [1.54, 1.807) is 31.3 Å². The highest BCUT2D eigenvalue weighted by Gasteiger charge is 2.18. The summed E-state index contributed by atoms with van der Waals surface area (Å²) in [5, 5.41) is 11.3. The summed E-state index contributed by atoms with van der Waals surface area (Å²) in [6, 6.07) is 11.2. The van der Waals surface area contributed by atoms with Crippen LogP contribution in [0.15, 0.2) is 47.4 Å². The number of anilines is 1. The van der Waals surface area contributed by atoms with Gasteiger partial charge in [0.15, 0.2) is 17.3 Å². The number of nitrogens with one attached hydrogen (secondary N) is 1. The third kappa shape index (κ3) is 3.45. The molecule has 0 fully saturated rings. The molecule has 0 aliphatic heterocycles. The molecule has 1 N–H and O–H groups in total. The van der Waals surface area contributed by atoms with Gasteiger partial charge >= 0.3 is 0 Å².